The van der Waals surface area contributed by atoms with E-state index in [4.69, 9.17) is 4.52 Å². The van der Waals surface area contributed by atoms with E-state index >= 15 is 0 Å². The van der Waals surface area contributed by atoms with E-state index in [0.29, 0.717) is 5.92 Å². The van der Waals surface area contributed by atoms with Gasteiger partial charge in [-0.15, -0.1) is 0 Å². The number of aromatic nitrogens is 2. The molecule has 0 aromatic carbocycles. The Morgan fingerprint density at radius 3 is 3.12 bits per heavy atom. The van der Waals surface area contributed by atoms with Gasteiger partial charge in [0.1, 0.15) is 0 Å². The normalized spacial score (nSPS) is 21.2. The Morgan fingerprint density at radius 1 is 1.44 bits per heavy atom. The minimum Gasteiger partial charge on any atom is -0.339 e. The van der Waals surface area contributed by atoms with Gasteiger partial charge < -0.3 is 9.84 Å². The lowest BCUT2D eigenvalue weighted by atomic mass is 9.99. The van der Waals surface area contributed by atoms with E-state index in [-0.39, 0.29) is 0 Å². The van der Waals surface area contributed by atoms with Crippen LogP contribution in [0.2, 0.25) is 0 Å². The van der Waals surface area contributed by atoms with Crippen LogP contribution in [0.4, 0.5) is 0 Å². The topological polar surface area (TPSA) is 51.0 Å². The highest BCUT2D eigenvalue weighted by Gasteiger charge is 2.20. The fourth-order valence-electron chi connectivity index (χ4n) is 2.13. The highest BCUT2D eigenvalue weighted by Crippen LogP contribution is 2.20. The number of unbranched alkanes of at least 4 members (excludes halogenated alkanes) is 2. The standard InChI is InChI=1S/C12H21N3O/c1-2-3-4-7-11-14-12(15-16-11)10-6-5-8-13-9-10/h10,13H,2-9H2,1H3. The predicted molar refractivity (Wildman–Crippen MR) is 62.4 cm³/mol. The molecule has 1 aromatic rings. The number of nitrogens with one attached hydrogen (secondary N) is 1. The van der Waals surface area contributed by atoms with Crippen molar-refractivity contribution in [3.8, 4) is 0 Å². The second-order valence-corrected chi connectivity index (χ2v) is 4.55. The van der Waals surface area contributed by atoms with Crippen molar-refractivity contribution in [2.75, 3.05) is 13.1 Å². The molecule has 2 heterocycles. The molecule has 0 bridgehead atoms. The molecule has 16 heavy (non-hydrogen) atoms. The molecule has 0 aliphatic carbocycles. The lowest BCUT2D eigenvalue weighted by Gasteiger charge is -2.19. The molecule has 2 rings (SSSR count). The van der Waals surface area contributed by atoms with Crippen molar-refractivity contribution in [3.05, 3.63) is 11.7 Å². The first-order valence-electron chi connectivity index (χ1n) is 6.43. The second kappa shape index (κ2) is 5.99. The number of piperidine rings is 1. The van der Waals surface area contributed by atoms with Crippen LogP contribution in [0.1, 0.15) is 56.7 Å². The number of aryl methyl sites for hydroxylation is 1. The molecule has 0 radical (unpaired) electrons. The Bertz CT molecular complexity index is 305. The lowest BCUT2D eigenvalue weighted by molar-refractivity contribution is 0.358. The lowest BCUT2D eigenvalue weighted by Crippen LogP contribution is -2.28. The Kier molecular flexibility index (Phi) is 4.34. The summed E-state index contributed by atoms with van der Waals surface area (Å²) in [6, 6.07) is 0. The summed E-state index contributed by atoms with van der Waals surface area (Å²) < 4.78 is 5.28. The molecule has 1 aliphatic rings. The average Bonchev–Trinajstić information content (AvgIpc) is 2.79. The summed E-state index contributed by atoms with van der Waals surface area (Å²) in [5, 5.41) is 7.47. The van der Waals surface area contributed by atoms with Crippen LogP contribution in [0.25, 0.3) is 0 Å². The van der Waals surface area contributed by atoms with Crippen LogP contribution in [0, 0.1) is 0 Å². The first kappa shape index (κ1) is 11.6. The van der Waals surface area contributed by atoms with Crippen molar-refractivity contribution in [1.29, 1.82) is 0 Å². The van der Waals surface area contributed by atoms with Gasteiger partial charge in [-0.2, -0.15) is 4.98 Å². The van der Waals surface area contributed by atoms with E-state index in [2.05, 4.69) is 22.4 Å². The van der Waals surface area contributed by atoms with E-state index in [1.54, 1.807) is 0 Å². The van der Waals surface area contributed by atoms with Crippen molar-refractivity contribution in [1.82, 2.24) is 15.5 Å². The third-order valence-corrected chi connectivity index (χ3v) is 3.14. The Morgan fingerprint density at radius 2 is 2.38 bits per heavy atom. The summed E-state index contributed by atoms with van der Waals surface area (Å²) in [4.78, 5) is 4.49. The molecule has 4 nitrogen and oxygen atoms in total. The molecule has 1 aromatic heterocycles. The van der Waals surface area contributed by atoms with Gasteiger partial charge in [-0.05, 0) is 25.8 Å². The van der Waals surface area contributed by atoms with Gasteiger partial charge in [-0.1, -0.05) is 24.9 Å². The van der Waals surface area contributed by atoms with Crippen LogP contribution >= 0.6 is 0 Å². The van der Waals surface area contributed by atoms with E-state index in [1.165, 1.54) is 25.7 Å². The molecule has 1 aliphatic heterocycles. The minimum atomic E-state index is 0.456. The number of nitrogens with zero attached hydrogens (tertiary/aromatic N) is 2. The van der Waals surface area contributed by atoms with Crippen LogP contribution in [-0.4, -0.2) is 23.2 Å². The van der Waals surface area contributed by atoms with E-state index in [0.717, 1.165) is 37.6 Å². The van der Waals surface area contributed by atoms with Crippen LogP contribution < -0.4 is 5.32 Å². The molecule has 1 fully saturated rings. The first-order chi connectivity index (χ1) is 7.90. The van der Waals surface area contributed by atoms with Gasteiger partial charge in [-0.3, -0.25) is 0 Å². The van der Waals surface area contributed by atoms with Crippen molar-refractivity contribution < 1.29 is 4.52 Å². The molecule has 1 saturated heterocycles. The molecule has 1 atom stereocenters. The Balaban J connectivity index is 1.85. The summed E-state index contributed by atoms with van der Waals surface area (Å²) in [5.74, 6) is 2.17. The summed E-state index contributed by atoms with van der Waals surface area (Å²) in [6.45, 7) is 4.32. The van der Waals surface area contributed by atoms with Crippen LogP contribution in [0.5, 0.6) is 0 Å². The zero-order valence-corrected chi connectivity index (χ0v) is 10.0. The maximum atomic E-state index is 5.28. The van der Waals surface area contributed by atoms with E-state index in [1.807, 2.05) is 0 Å². The average molecular weight is 223 g/mol. The van der Waals surface area contributed by atoms with Gasteiger partial charge in [0.15, 0.2) is 5.82 Å². The van der Waals surface area contributed by atoms with Gasteiger partial charge >= 0.3 is 0 Å². The minimum absolute atomic E-state index is 0.456. The molecular formula is C12H21N3O. The van der Waals surface area contributed by atoms with E-state index < -0.39 is 0 Å². The Hall–Kier alpha value is -0.900. The quantitative estimate of drug-likeness (QED) is 0.778. The first-order valence-corrected chi connectivity index (χ1v) is 6.43. The molecule has 1 N–H and O–H groups in total. The van der Waals surface area contributed by atoms with Crippen molar-refractivity contribution in [2.45, 2.75) is 51.4 Å². The number of hydrogen-bond acceptors (Lipinski definition) is 4. The number of hydrogen-bond donors (Lipinski definition) is 1. The van der Waals surface area contributed by atoms with Gasteiger partial charge in [0, 0.05) is 18.9 Å². The zero-order chi connectivity index (χ0) is 11.2. The fourth-order valence-corrected chi connectivity index (χ4v) is 2.13. The van der Waals surface area contributed by atoms with Gasteiger partial charge in [-0.25, -0.2) is 0 Å². The maximum absolute atomic E-state index is 5.28. The molecule has 0 spiro atoms. The smallest absolute Gasteiger partial charge is 0.226 e. The van der Waals surface area contributed by atoms with Crippen molar-refractivity contribution >= 4 is 0 Å². The highest BCUT2D eigenvalue weighted by atomic mass is 16.5. The highest BCUT2D eigenvalue weighted by molar-refractivity contribution is 4.98. The molecule has 0 saturated carbocycles. The third-order valence-electron chi connectivity index (χ3n) is 3.14. The predicted octanol–water partition coefficient (Wildman–Crippen LogP) is 2.27. The van der Waals surface area contributed by atoms with Crippen LogP contribution in [0.15, 0.2) is 4.52 Å². The van der Waals surface area contributed by atoms with E-state index in [9.17, 15) is 0 Å². The van der Waals surface area contributed by atoms with Crippen molar-refractivity contribution in [2.24, 2.45) is 0 Å². The van der Waals surface area contributed by atoms with Gasteiger partial charge in [0.2, 0.25) is 5.89 Å². The fraction of sp³-hybridized carbons (Fsp3) is 0.833. The summed E-state index contributed by atoms with van der Waals surface area (Å²) in [5.41, 5.74) is 0. The molecule has 90 valence electrons. The SMILES string of the molecule is CCCCCc1nc(C2CCCNC2)no1. The molecule has 0 amide bonds. The van der Waals surface area contributed by atoms with Gasteiger partial charge in [0.25, 0.3) is 0 Å². The van der Waals surface area contributed by atoms with Crippen LogP contribution in [0.3, 0.4) is 0 Å². The monoisotopic (exact) mass is 223 g/mol. The van der Waals surface area contributed by atoms with Gasteiger partial charge in [0.05, 0.1) is 0 Å². The number of rotatable bonds is 5. The molecule has 4 heteroatoms. The second-order valence-electron chi connectivity index (χ2n) is 4.55. The summed E-state index contributed by atoms with van der Waals surface area (Å²) in [6.07, 6.45) is 6.95. The molecular weight excluding hydrogens is 202 g/mol. The van der Waals surface area contributed by atoms with Crippen molar-refractivity contribution in [3.63, 3.8) is 0 Å². The molecule has 1 unspecified atom stereocenters. The largest absolute Gasteiger partial charge is 0.339 e. The summed E-state index contributed by atoms with van der Waals surface area (Å²) >= 11 is 0. The Labute approximate surface area is 96.8 Å². The summed E-state index contributed by atoms with van der Waals surface area (Å²) in [7, 11) is 0. The third kappa shape index (κ3) is 3.04. The van der Waals surface area contributed by atoms with Crippen LogP contribution in [-0.2, 0) is 6.42 Å². The zero-order valence-electron chi connectivity index (χ0n) is 10.0. The maximum Gasteiger partial charge on any atom is 0.226 e.